The van der Waals surface area contributed by atoms with Crippen LogP contribution in [0.1, 0.15) is 23.2 Å². The van der Waals surface area contributed by atoms with Gasteiger partial charge in [0.2, 0.25) is 0 Å². The summed E-state index contributed by atoms with van der Waals surface area (Å²) in [5, 5.41) is 8.93. The van der Waals surface area contributed by atoms with Crippen molar-refractivity contribution >= 4 is 28.3 Å². The second-order valence-electron chi connectivity index (χ2n) is 8.07. The summed E-state index contributed by atoms with van der Waals surface area (Å²) in [6.07, 6.45) is 10.7. The van der Waals surface area contributed by atoms with Crippen molar-refractivity contribution in [2.75, 3.05) is 23.3 Å². The number of fused-ring (bicyclic) bond motifs is 1. The van der Waals surface area contributed by atoms with Crippen LogP contribution in [0.2, 0.25) is 0 Å². The van der Waals surface area contributed by atoms with Crippen LogP contribution < -0.4 is 16.0 Å². The number of rotatable bonds is 4. The van der Waals surface area contributed by atoms with E-state index in [1.807, 2.05) is 31.4 Å². The minimum Gasteiger partial charge on any atom is -0.356 e. The van der Waals surface area contributed by atoms with Gasteiger partial charge < -0.3 is 16.0 Å². The first-order chi connectivity index (χ1) is 15.5. The van der Waals surface area contributed by atoms with Crippen molar-refractivity contribution in [2.24, 2.45) is 12.8 Å². The fourth-order valence-corrected chi connectivity index (χ4v) is 3.87. The van der Waals surface area contributed by atoms with E-state index in [0.717, 1.165) is 53.8 Å². The molecule has 9 nitrogen and oxygen atoms in total. The minimum absolute atomic E-state index is 0.226. The molecule has 0 aromatic carbocycles. The van der Waals surface area contributed by atoms with E-state index < -0.39 is 0 Å². The van der Waals surface area contributed by atoms with Crippen molar-refractivity contribution < 1.29 is 4.79 Å². The van der Waals surface area contributed by atoms with Crippen LogP contribution in [0, 0.1) is 0 Å². The lowest BCUT2D eigenvalue weighted by Gasteiger charge is -2.31. The second-order valence-corrected chi connectivity index (χ2v) is 8.07. The zero-order valence-corrected chi connectivity index (χ0v) is 17.8. The zero-order chi connectivity index (χ0) is 22.1. The summed E-state index contributed by atoms with van der Waals surface area (Å²) in [5.41, 5.74) is 8.28. The molecule has 0 spiro atoms. The van der Waals surface area contributed by atoms with E-state index in [4.69, 9.17) is 5.73 Å². The van der Waals surface area contributed by atoms with Gasteiger partial charge in [-0.05, 0) is 42.5 Å². The van der Waals surface area contributed by atoms with Gasteiger partial charge in [0.15, 0.2) is 0 Å². The molecular formula is C23H24N8O. The molecule has 0 saturated carbocycles. The highest BCUT2D eigenvalue weighted by Crippen LogP contribution is 2.23. The summed E-state index contributed by atoms with van der Waals surface area (Å²) in [6.45, 7) is 1.69. The predicted molar refractivity (Wildman–Crippen MR) is 123 cm³/mol. The highest BCUT2D eigenvalue weighted by molar-refractivity contribution is 6.05. The summed E-state index contributed by atoms with van der Waals surface area (Å²) in [4.78, 5) is 28.3. The molecule has 162 valence electrons. The third-order valence-electron chi connectivity index (χ3n) is 5.72. The van der Waals surface area contributed by atoms with Gasteiger partial charge in [0.25, 0.3) is 5.91 Å². The number of anilines is 2. The fourth-order valence-electron chi connectivity index (χ4n) is 3.87. The molecule has 1 aliphatic rings. The number of pyridine rings is 3. The lowest BCUT2D eigenvalue weighted by atomic mass is 10.1. The van der Waals surface area contributed by atoms with E-state index in [-0.39, 0.29) is 11.9 Å². The Hall–Kier alpha value is -3.85. The molecule has 0 unspecified atom stereocenters. The number of aryl methyl sites for hydroxylation is 1. The van der Waals surface area contributed by atoms with Crippen LogP contribution in [0.3, 0.4) is 0 Å². The van der Waals surface area contributed by atoms with Gasteiger partial charge in [0, 0.05) is 67.5 Å². The van der Waals surface area contributed by atoms with Gasteiger partial charge in [-0.25, -0.2) is 9.97 Å². The first-order valence-corrected chi connectivity index (χ1v) is 10.6. The van der Waals surface area contributed by atoms with E-state index >= 15 is 0 Å². The molecule has 1 aliphatic heterocycles. The number of carbonyl (C=O) groups excluding carboxylic acids is 1. The maximum absolute atomic E-state index is 12.9. The Balaban J connectivity index is 1.36. The maximum atomic E-state index is 12.9. The lowest BCUT2D eigenvalue weighted by Crippen LogP contribution is -2.40. The van der Waals surface area contributed by atoms with Crippen molar-refractivity contribution in [1.29, 1.82) is 0 Å². The third-order valence-corrected chi connectivity index (χ3v) is 5.72. The number of piperidine rings is 1. The fraction of sp³-hybridized carbons (Fsp3) is 0.261. The van der Waals surface area contributed by atoms with Gasteiger partial charge in [0.1, 0.15) is 11.6 Å². The monoisotopic (exact) mass is 428 g/mol. The number of carbonyl (C=O) groups is 1. The van der Waals surface area contributed by atoms with Gasteiger partial charge >= 0.3 is 0 Å². The minimum atomic E-state index is -0.226. The van der Waals surface area contributed by atoms with Gasteiger partial charge in [-0.3, -0.25) is 14.5 Å². The number of amides is 1. The third kappa shape index (κ3) is 4.15. The summed E-state index contributed by atoms with van der Waals surface area (Å²) < 4.78 is 1.74. The Kier molecular flexibility index (Phi) is 5.24. The van der Waals surface area contributed by atoms with E-state index in [0.29, 0.717) is 11.4 Å². The SMILES string of the molecule is Cn1cc(-c2cc3cc(NC(=O)c4ccnc(N5CCC(N)CC5)c4)ncc3cn2)cn1. The molecule has 32 heavy (non-hydrogen) atoms. The Morgan fingerprint density at radius 3 is 2.66 bits per heavy atom. The number of nitrogens with two attached hydrogens (primary N) is 1. The molecule has 9 heteroatoms. The number of hydrogen-bond donors (Lipinski definition) is 2. The quantitative estimate of drug-likeness (QED) is 0.513. The summed E-state index contributed by atoms with van der Waals surface area (Å²) in [6, 6.07) is 7.58. The molecule has 3 N–H and O–H groups in total. The van der Waals surface area contributed by atoms with Gasteiger partial charge in [0.05, 0.1) is 11.9 Å². The van der Waals surface area contributed by atoms with Crippen molar-refractivity contribution in [3.8, 4) is 11.3 Å². The van der Waals surface area contributed by atoms with Crippen molar-refractivity contribution in [2.45, 2.75) is 18.9 Å². The van der Waals surface area contributed by atoms with E-state index in [1.54, 1.807) is 35.5 Å². The Morgan fingerprint density at radius 2 is 1.88 bits per heavy atom. The number of hydrogen-bond acceptors (Lipinski definition) is 7. The summed E-state index contributed by atoms with van der Waals surface area (Å²) in [7, 11) is 1.87. The average Bonchev–Trinajstić information content (AvgIpc) is 3.25. The van der Waals surface area contributed by atoms with Crippen LogP contribution in [0.5, 0.6) is 0 Å². The first-order valence-electron chi connectivity index (χ1n) is 10.6. The van der Waals surface area contributed by atoms with Crippen molar-refractivity contribution in [1.82, 2.24) is 24.7 Å². The molecule has 5 heterocycles. The molecule has 0 aliphatic carbocycles. The lowest BCUT2D eigenvalue weighted by molar-refractivity contribution is 0.102. The maximum Gasteiger partial charge on any atom is 0.257 e. The Morgan fingerprint density at radius 1 is 1.06 bits per heavy atom. The zero-order valence-electron chi connectivity index (χ0n) is 17.8. The van der Waals surface area contributed by atoms with Crippen LogP contribution in [0.15, 0.2) is 55.2 Å². The summed E-state index contributed by atoms with van der Waals surface area (Å²) >= 11 is 0. The normalized spacial score (nSPS) is 14.6. The van der Waals surface area contributed by atoms with E-state index in [9.17, 15) is 4.79 Å². The molecule has 5 rings (SSSR count). The van der Waals surface area contributed by atoms with Gasteiger partial charge in [-0.1, -0.05) is 0 Å². The standard InChI is InChI=1S/C23H24N8O/c1-30-14-18(13-28-30)20-8-16-9-21(27-12-17(16)11-26-20)29-23(32)15-2-5-25-22(10-15)31-6-3-19(24)4-7-31/h2,5,8-14,19H,3-4,6-7,24H2,1H3,(H,27,29,32). The van der Waals surface area contributed by atoms with Crippen LogP contribution in [0.4, 0.5) is 11.6 Å². The Bertz CT molecular complexity index is 1280. The van der Waals surface area contributed by atoms with E-state index in [1.165, 1.54) is 0 Å². The molecule has 1 amide bonds. The van der Waals surface area contributed by atoms with Crippen LogP contribution in [-0.4, -0.2) is 49.8 Å². The van der Waals surface area contributed by atoms with Crippen molar-refractivity contribution in [3.05, 3.63) is 60.8 Å². The molecule has 1 fully saturated rings. The molecule has 0 bridgehead atoms. The largest absolute Gasteiger partial charge is 0.356 e. The predicted octanol–water partition coefficient (Wildman–Crippen LogP) is 2.61. The average molecular weight is 429 g/mol. The smallest absolute Gasteiger partial charge is 0.257 e. The highest BCUT2D eigenvalue weighted by atomic mass is 16.1. The van der Waals surface area contributed by atoms with Crippen LogP contribution in [-0.2, 0) is 7.05 Å². The molecule has 0 radical (unpaired) electrons. The van der Waals surface area contributed by atoms with E-state index in [2.05, 4.69) is 30.3 Å². The Labute approximate surface area is 185 Å². The molecule has 4 aromatic rings. The molecule has 4 aromatic heterocycles. The molecule has 1 saturated heterocycles. The number of aromatic nitrogens is 5. The van der Waals surface area contributed by atoms with Crippen LogP contribution in [0.25, 0.3) is 22.0 Å². The summed E-state index contributed by atoms with van der Waals surface area (Å²) in [5.74, 6) is 1.05. The van der Waals surface area contributed by atoms with Crippen molar-refractivity contribution in [3.63, 3.8) is 0 Å². The number of nitrogens with one attached hydrogen (secondary N) is 1. The molecule has 0 atom stereocenters. The molecular weight excluding hydrogens is 404 g/mol. The second kappa shape index (κ2) is 8.35. The number of nitrogens with zero attached hydrogens (tertiary/aromatic N) is 6. The van der Waals surface area contributed by atoms with Crippen LogP contribution >= 0.6 is 0 Å². The topological polar surface area (TPSA) is 115 Å². The van der Waals surface area contributed by atoms with Gasteiger partial charge in [-0.2, -0.15) is 5.10 Å². The first kappa shape index (κ1) is 20.1. The highest BCUT2D eigenvalue weighted by Gasteiger charge is 2.18. The van der Waals surface area contributed by atoms with Gasteiger partial charge in [-0.15, -0.1) is 0 Å².